The third-order valence-electron chi connectivity index (χ3n) is 3.68. The average molecular weight is 370 g/mol. The highest BCUT2D eigenvalue weighted by molar-refractivity contribution is 7.99. The molecule has 3 aromatic rings. The molecule has 0 bridgehead atoms. The molecule has 0 unspecified atom stereocenters. The van der Waals surface area contributed by atoms with Gasteiger partial charge >= 0.3 is 0 Å². The lowest BCUT2D eigenvalue weighted by molar-refractivity contribution is -0.118. The van der Waals surface area contributed by atoms with Crippen molar-refractivity contribution in [2.75, 3.05) is 5.75 Å². The number of phenols is 2. The zero-order valence-corrected chi connectivity index (χ0v) is 14.9. The van der Waals surface area contributed by atoms with E-state index in [1.807, 2.05) is 31.2 Å². The molecule has 0 aliphatic rings. The van der Waals surface area contributed by atoms with Crippen LogP contribution in [0.1, 0.15) is 12.5 Å². The zero-order chi connectivity index (χ0) is 18.5. The Labute approximate surface area is 154 Å². The van der Waals surface area contributed by atoms with Gasteiger partial charge in [-0.25, -0.2) is 10.4 Å². The molecule has 1 heterocycles. The van der Waals surface area contributed by atoms with Gasteiger partial charge in [0.25, 0.3) is 5.91 Å². The molecule has 26 heavy (non-hydrogen) atoms. The first-order valence-electron chi connectivity index (χ1n) is 8.00. The fourth-order valence-corrected chi connectivity index (χ4v) is 3.32. The van der Waals surface area contributed by atoms with Crippen molar-refractivity contribution in [3.05, 3.63) is 48.0 Å². The van der Waals surface area contributed by atoms with Gasteiger partial charge in [0.15, 0.2) is 5.16 Å². The summed E-state index contributed by atoms with van der Waals surface area (Å²) in [5.41, 5.74) is 4.75. The molecule has 0 saturated heterocycles. The summed E-state index contributed by atoms with van der Waals surface area (Å²) in [6, 6.07) is 12.0. The monoisotopic (exact) mass is 370 g/mol. The van der Waals surface area contributed by atoms with E-state index in [-0.39, 0.29) is 23.2 Å². The highest BCUT2D eigenvalue weighted by Crippen LogP contribution is 2.24. The van der Waals surface area contributed by atoms with E-state index in [4.69, 9.17) is 0 Å². The van der Waals surface area contributed by atoms with Gasteiger partial charge in [0, 0.05) is 18.2 Å². The molecule has 1 aromatic heterocycles. The van der Waals surface area contributed by atoms with Crippen LogP contribution < -0.4 is 5.43 Å². The highest BCUT2D eigenvalue weighted by Gasteiger charge is 2.11. The molecule has 2 aromatic carbocycles. The Morgan fingerprint density at radius 2 is 2.12 bits per heavy atom. The maximum atomic E-state index is 12.0. The van der Waals surface area contributed by atoms with E-state index in [9.17, 15) is 15.0 Å². The van der Waals surface area contributed by atoms with Crippen molar-refractivity contribution in [2.45, 2.75) is 18.6 Å². The lowest BCUT2D eigenvalue weighted by atomic mass is 10.2. The summed E-state index contributed by atoms with van der Waals surface area (Å²) >= 11 is 1.34. The Bertz CT molecular complexity index is 968. The molecule has 0 fully saturated rings. The number of hydrazone groups is 1. The number of para-hydroxylation sites is 2. The molecule has 0 saturated carbocycles. The van der Waals surface area contributed by atoms with E-state index in [1.54, 1.807) is 0 Å². The number of hydrogen-bond acceptors (Lipinski definition) is 6. The Morgan fingerprint density at radius 3 is 2.88 bits per heavy atom. The van der Waals surface area contributed by atoms with Crippen LogP contribution in [0.25, 0.3) is 11.0 Å². The molecular formula is C18H18N4O3S. The number of amides is 1. The highest BCUT2D eigenvalue weighted by atomic mass is 32.2. The summed E-state index contributed by atoms with van der Waals surface area (Å²) in [6.45, 7) is 2.80. The molecule has 7 nitrogen and oxygen atoms in total. The number of nitrogens with zero attached hydrogens (tertiary/aromatic N) is 3. The van der Waals surface area contributed by atoms with E-state index in [1.165, 1.54) is 36.2 Å². The lowest BCUT2D eigenvalue weighted by Crippen LogP contribution is -2.20. The quantitative estimate of drug-likeness (QED) is 0.352. The van der Waals surface area contributed by atoms with E-state index >= 15 is 0 Å². The van der Waals surface area contributed by atoms with Crippen molar-refractivity contribution in [1.82, 2.24) is 15.0 Å². The molecule has 3 rings (SSSR count). The summed E-state index contributed by atoms with van der Waals surface area (Å²) in [5, 5.41) is 23.5. The summed E-state index contributed by atoms with van der Waals surface area (Å²) in [5.74, 6) is -0.269. The average Bonchev–Trinajstić information content (AvgIpc) is 2.99. The maximum absolute atomic E-state index is 12.0. The van der Waals surface area contributed by atoms with E-state index in [0.29, 0.717) is 5.56 Å². The van der Waals surface area contributed by atoms with Crippen LogP contribution in [0, 0.1) is 0 Å². The second-order valence-electron chi connectivity index (χ2n) is 5.45. The van der Waals surface area contributed by atoms with Gasteiger partial charge in [0.05, 0.1) is 23.0 Å². The first-order chi connectivity index (χ1) is 12.6. The van der Waals surface area contributed by atoms with Crippen molar-refractivity contribution in [1.29, 1.82) is 0 Å². The van der Waals surface area contributed by atoms with E-state index < -0.39 is 0 Å². The number of imidazole rings is 1. The number of rotatable bonds is 6. The van der Waals surface area contributed by atoms with Gasteiger partial charge in [-0.15, -0.1) is 0 Å². The molecule has 1 amide bonds. The number of benzene rings is 2. The topological polar surface area (TPSA) is 99.7 Å². The lowest BCUT2D eigenvalue weighted by Gasteiger charge is -2.05. The van der Waals surface area contributed by atoms with Gasteiger partial charge in [-0.2, -0.15) is 5.10 Å². The van der Waals surface area contributed by atoms with Crippen molar-refractivity contribution in [3.63, 3.8) is 0 Å². The molecule has 0 spiro atoms. The number of hydrogen-bond donors (Lipinski definition) is 3. The van der Waals surface area contributed by atoms with Gasteiger partial charge in [0.1, 0.15) is 11.5 Å². The smallest absolute Gasteiger partial charge is 0.250 e. The molecule has 3 N–H and O–H groups in total. The predicted molar refractivity (Wildman–Crippen MR) is 102 cm³/mol. The number of nitrogens with one attached hydrogen (secondary N) is 1. The summed E-state index contributed by atoms with van der Waals surface area (Å²) in [4.78, 5) is 16.5. The molecule has 0 atom stereocenters. The van der Waals surface area contributed by atoms with Crippen LogP contribution in [0.4, 0.5) is 0 Å². The third-order valence-corrected chi connectivity index (χ3v) is 4.65. The van der Waals surface area contributed by atoms with Crippen LogP contribution in [-0.2, 0) is 11.3 Å². The Hall–Kier alpha value is -3.00. The molecule has 134 valence electrons. The summed E-state index contributed by atoms with van der Waals surface area (Å²) in [7, 11) is 0. The van der Waals surface area contributed by atoms with Crippen LogP contribution in [-0.4, -0.2) is 37.6 Å². The Morgan fingerprint density at radius 1 is 1.31 bits per heavy atom. The second kappa shape index (κ2) is 7.92. The van der Waals surface area contributed by atoms with Crippen LogP contribution in [0.5, 0.6) is 11.5 Å². The maximum Gasteiger partial charge on any atom is 0.250 e. The second-order valence-corrected chi connectivity index (χ2v) is 6.39. The van der Waals surface area contributed by atoms with Crippen molar-refractivity contribution < 1.29 is 15.0 Å². The number of aryl methyl sites for hydroxylation is 1. The molecular weight excluding hydrogens is 352 g/mol. The first-order valence-corrected chi connectivity index (χ1v) is 8.99. The van der Waals surface area contributed by atoms with Gasteiger partial charge in [-0.3, -0.25) is 4.79 Å². The Kier molecular flexibility index (Phi) is 5.43. The van der Waals surface area contributed by atoms with Gasteiger partial charge in [0.2, 0.25) is 0 Å². The van der Waals surface area contributed by atoms with E-state index in [0.717, 1.165) is 22.7 Å². The number of carbonyl (C=O) groups excluding carboxylic acids is 1. The minimum absolute atomic E-state index is 0.0427. The Balaban J connectivity index is 1.60. The molecule has 0 radical (unpaired) electrons. The minimum Gasteiger partial charge on any atom is -0.508 e. The van der Waals surface area contributed by atoms with Crippen LogP contribution in [0.2, 0.25) is 0 Å². The normalized spacial score (nSPS) is 11.3. The predicted octanol–water partition coefficient (Wildman–Crippen LogP) is 2.71. The standard InChI is InChI=1S/C18H18N4O3S/c1-2-22-15-6-4-3-5-14(15)20-18(22)26-11-17(25)21-19-10-12-7-8-13(23)9-16(12)24/h3-10,23-24H,2,11H2,1H3,(H,21,25)/b19-10+. The van der Waals surface area contributed by atoms with Crippen LogP contribution in [0.15, 0.2) is 52.7 Å². The molecule has 0 aliphatic heterocycles. The number of aromatic nitrogens is 2. The largest absolute Gasteiger partial charge is 0.508 e. The molecule has 8 heteroatoms. The SMILES string of the molecule is CCn1c(SCC(=O)N/N=C/c2ccc(O)cc2O)nc2ccccc21. The summed E-state index contributed by atoms with van der Waals surface area (Å²) < 4.78 is 2.06. The number of fused-ring (bicyclic) bond motifs is 1. The first kappa shape index (κ1) is 17.8. The van der Waals surface area contributed by atoms with E-state index in [2.05, 4.69) is 20.1 Å². The van der Waals surface area contributed by atoms with Crippen molar-refractivity contribution in [2.24, 2.45) is 5.10 Å². The minimum atomic E-state index is -0.278. The fourth-order valence-electron chi connectivity index (χ4n) is 2.45. The third kappa shape index (κ3) is 3.97. The van der Waals surface area contributed by atoms with Crippen molar-refractivity contribution >= 4 is 34.9 Å². The fraction of sp³-hybridized carbons (Fsp3) is 0.167. The van der Waals surface area contributed by atoms with Gasteiger partial charge < -0.3 is 14.8 Å². The molecule has 0 aliphatic carbocycles. The van der Waals surface area contributed by atoms with Crippen LogP contribution >= 0.6 is 11.8 Å². The van der Waals surface area contributed by atoms with Crippen LogP contribution in [0.3, 0.4) is 0 Å². The number of thioether (sulfide) groups is 1. The zero-order valence-electron chi connectivity index (χ0n) is 14.1. The number of phenolic OH excluding ortho intramolecular Hbond substituents is 2. The van der Waals surface area contributed by atoms with Gasteiger partial charge in [-0.1, -0.05) is 23.9 Å². The summed E-state index contributed by atoms with van der Waals surface area (Å²) in [6.07, 6.45) is 1.32. The van der Waals surface area contributed by atoms with Crippen molar-refractivity contribution in [3.8, 4) is 11.5 Å². The number of carbonyl (C=O) groups is 1. The van der Waals surface area contributed by atoms with Gasteiger partial charge in [-0.05, 0) is 31.2 Å². The number of aromatic hydroxyl groups is 2.